The number of likely N-dealkylation sites (tertiary alicyclic amines) is 1. The molecule has 2 saturated heterocycles. The van der Waals surface area contributed by atoms with Crippen molar-refractivity contribution >= 4 is 48.3 Å². The number of carbonyl (C=O) groups is 1. The topological polar surface area (TPSA) is 49.6 Å². The van der Waals surface area contributed by atoms with Gasteiger partial charge in [-0.2, -0.15) is 0 Å². The SMILES string of the molecule is CCN1CCC(CN(C(=O)c2cc(Cc3ccccc3)on2)c2ccc([As]3SCCS3)cc2)CC1. The molecule has 3 heterocycles. The van der Waals surface area contributed by atoms with Gasteiger partial charge in [-0.3, -0.25) is 0 Å². The van der Waals surface area contributed by atoms with E-state index in [0.717, 1.165) is 50.3 Å². The first kappa shape index (κ1) is 25.0. The molecule has 2 fully saturated rings. The van der Waals surface area contributed by atoms with Crippen LogP contribution >= 0.6 is 20.0 Å². The Labute approximate surface area is 219 Å². The van der Waals surface area contributed by atoms with Gasteiger partial charge in [0.15, 0.2) is 0 Å². The second-order valence-corrected chi connectivity index (χ2v) is 20.8. The van der Waals surface area contributed by atoms with E-state index in [-0.39, 0.29) is 5.91 Å². The van der Waals surface area contributed by atoms with Gasteiger partial charge >= 0.3 is 202 Å². The zero-order chi connectivity index (χ0) is 24.0. The Morgan fingerprint density at radius 2 is 1.80 bits per heavy atom. The summed E-state index contributed by atoms with van der Waals surface area (Å²) in [5, 5.41) is 4.18. The molecule has 8 heteroatoms. The molecule has 0 aliphatic carbocycles. The van der Waals surface area contributed by atoms with Gasteiger partial charge in [-0.15, -0.1) is 0 Å². The van der Waals surface area contributed by atoms with Crippen molar-refractivity contribution in [2.75, 3.05) is 42.6 Å². The number of nitrogens with zero attached hydrogens (tertiary/aromatic N) is 3. The van der Waals surface area contributed by atoms with Gasteiger partial charge in [0, 0.05) is 0 Å². The zero-order valence-electron chi connectivity index (χ0n) is 20.1. The summed E-state index contributed by atoms with van der Waals surface area (Å²) in [6, 6.07) is 20.8. The van der Waals surface area contributed by atoms with Gasteiger partial charge in [0.1, 0.15) is 0 Å². The van der Waals surface area contributed by atoms with Crippen LogP contribution in [0, 0.1) is 5.92 Å². The summed E-state index contributed by atoms with van der Waals surface area (Å²) >= 11 is -1.03. The Kier molecular flexibility index (Phi) is 8.61. The van der Waals surface area contributed by atoms with E-state index in [1.165, 1.54) is 15.9 Å². The molecule has 2 aliphatic rings. The third kappa shape index (κ3) is 6.37. The van der Waals surface area contributed by atoms with Gasteiger partial charge in [0.2, 0.25) is 0 Å². The molecule has 184 valence electrons. The average Bonchev–Trinajstić information content (AvgIpc) is 3.61. The Balaban J connectivity index is 1.34. The number of hydrogen-bond acceptors (Lipinski definition) is 6. The Morgan fingerprint density at radius 3 is 2.49 bits per heavy atom. The molecule has 0 spiro atoms. The molecule has 1 aromatic heterocycles. The fourth-order valence-corrected chi connectivity index (χ4v) is 18.8. The van der Waals surface area contributed by atoms with Gasteiger partial charge in [0.25, 0.3) is 0 Å². The maximum atomic E-state index is 13.7. The molecule has 1 amide bonds. The second kappa shape index (κ2) is 12.1. The second-order valence-electron chi connectivity index (χ2n) is 9.07. The van der Waals surface area contributed by atoms with Crippen LogP contribution in [-0.2, 0) is 6.42 Å². The molecule has 0 atom stereocenters. The summed E-state index contributed by atoms with van der Waals surface area (Å²) in [7, 11) is 4.30. The molecule has 35 heavy (non-hydrogen) atoms. The Hall–Kier alpha value is -1.66. The van der Waals surface area contributed by atoms with Crippen LogP contribution in [0.2, 0.25) is 0 Å². The molecule has 5 rings (SSSR count). The van der Waals surface area contributed by atoms with E-state index in [9.17, 15) is 4.79 Å². The molecule has 0 radical (unpaired) electrons. The van der Waals surface area contributed by atoms with Crippen molar-refractivity contribution in [3.05, 3.63) is 77.7 Å². The molecule has 0 saturated carbocycles. The predicted octanol–water partition coefficient (Wildman–Crippen LogP) is 4.82. The fourth-order valence-electron chi connectivity index (χ4n) is 4.66. The van der Waals surface area contributed by atoms with Crippen molar-refractivity contribution in [3.8, 4) is 0 Å². The van der Waals surface area contributed by atoms with Gasteiger partial charge in [-0.05, 0) is 0 Å². The van der Waals surface area contributed by atoms with E-state index in [1.54, 1.807) is 0 Å². The summed E-state index contributed by atoms with van der Waals surface area (Å²) in [4.78, 5) is 18.2. The van der Waals surface area contributed by atoms with Crippen LogP contribution in [0.3, 0.4) is 0 Å². The van der Waals surface area contributed by atoms with E-state index in [0.29, 0.717) is 23.8 Å². The van der Waals surface area contributed by atoms with E-state index < -0.39 is 12.3 Å². The molecule has 0 N–H and O–H groups in total. The van der Waals surface area contributed by atoms with Crippen molar-refractivity contribution in [2.24, 2.45) is 5.92 Å². The Morgan fingerprint density at radius 1 is 1.09 bits per heavy atom. The minimum absolute atomic E-state index is 0.0683. The van der Waals surface area contributed by atoms with Crippen LogP contribution in [0.1, 0.15) is 41.6 Å². The summed E-state index contributed by atoms with van der Waals surface area (Å²) < 4.78 is 7.05. The summed E-state index contributed by atoms with van der Waals surface area (Å²) in [6.07, 6.45) is 2.87. The fraction of sp³-hybridized carbons (Fsp3) is 0.407. The number of piperidine rings is 1. The first-order valence-electron chi connectivity index (χ1n) is 12.4. The molecule has 0 unspecified atom stereocenters. The van der Waals surface area contributed by atoms with Gasteiger partial charge in [0.05, 0.1) is 0 Å². The number of rotatable bonds is 8. The summed E-state index contributed by atoms with van der Waals surface area (Å²) in [6.45, 7) is 6.26. The molecule has 3 aromatic rings. The third-order valence-electron chi connectivity index (χ3n) is 6.71. The number of anilines is 1. The standard InChI is InChI=1S/C27H32AsN3O2S2/c1-2-30-14-12-22(13-15-30)20-31(24-10-8-23(9-11-24)28-34-16-17-35-28)27(32)26-19-25(33-29-26)18-21-6-4-3-5-7-21/h3-11,19,22H,2,12-18,20H2,1H3. The summed E-state index contributed by atoms with van der Waals surface area (Å²) in [5.41, 5.74) is 2.50. The van der Waals surface area contributed by atoms with E-state index in [4.69, 9.17) is 4.52 Å². The third-order valence-corrected chi connectivity index (χ3v) is 20.5. The molecule has 2 aliphatic heterocycles. The number of aromatic nitrogens is 1. The number of amides is 1. The van der Waals surface area contributed by atoms with Crippen molar-refractivity contribution in [1.29, 1.82) is 0 Å². The normalized spacial score (nSPS) is 17.6. The molecule has 2 aromatic carbocycles. The molecular formula is C27H32AsN3O2S2. The zero-order valence-corrected chi connectivity index (χ0v) is 23.6. The Bertz CT molecular complexity index is 1100. The van der Waals surface area contributed by atoms with E-state index in [2.05, 4.69) is 73.4 Å². The van der Waals surface area contributed by atoms with Gasteiger partial charge in [-0.1, -0.05) is 18.2 Å². The maximum absolute atomic E-state index is 13.7. The van der Waals surface area contributed by atoms with Crippen molar-refractivity contribution in [1.82, 2.24) is 10.1 Å². The summed E-state index contributed by atoms with van der Waals surface area (Å²) in [5.74, 6) is 3.68. The van der Waals surface area contributed by atoms with Crippen LogP contribution < -0.4 is 9.25 Å². The predicted molar refractivity (Wildman–Crippen MR) is 149 cm³/mol. The van der Waals surface area contributed by atoms with E-state index >= 15 is 0 Å². The number of benzene rings is 2. The van der Waals surface area contributed by atoms with Crippen LogP contribution in [0.5, 0.6) is 0 Å². The van der Waals surface area contributed by atoms with E-state index in [1.807, 2.05) is 29.2 Å². The first-order valence-corrected chi connectivity index (χ1v) is 19.8. The molecule has 5 nitrogen and oxygen atoms in total. The minimum atomic E-state index is -1.03. The first-order chi connectivity index (χ1) is 17.2. The molecule has 0 bridgehead atoms. The number of carbonyl (C=O) groups excluding carboxylic acids is 1. The van der Waals surface area contributed by atoms with Crippen LogP contribution in [0.25, 0.3) is 0 Å². The van der Waals surface area contributed by atoms with Crippen LogP contribution in [0.15, 0.2) is 65.2 Å². The monoisotopic (exact) mass is 569 g/mol. The van der Waals surface area contributed by atoms with Crippen molar-refractivity contribution in [3.63, 3.8) is 0 Å². The van der Waals surface area contributed by atoms with Crippen LogP contribution in [-0.4, -0.2) is 66.0 Å². The quantitative estimate of drug-likeness (QED) is 0.363. The van der Waals surface area contributed by atoms with Gasteiger partial charge in [-0.25, -0.2) is 0 Å². The van der Waals surface area contributed by atoms with Crippen molar-refractivity contribution < 1.29 is 9.32 Å². The number of hydrogen-bond donors (Lipinski definition) is 0. The van der Waals surface area contributed by atoms with Gasteiger partial charge < -0.3 is 0 Å². The van der Waals surface area contributed by atoms with Crippen molar-refractivity contribution in [2.45, 2.75) is 26.2 Å². The average molecular weight is 570 g/mol. The van der Waals surface area contributed by atoms with Crippen LogP contribution in [0.4, 0.5) is 5.69 Å². The molecular weight excluding hydrogens is 537 g/mol.